The second-order valence-corrected chi connectivity index (χ2v) is 6.88. The summed E-state index contributed by atoms with van der Waals surface area (Å²) in [5.74, 6) is -3.46. The summed E-state index contributed by atoms with van der Waals surface area (Å²) in [6, 6.07) is 8.03. The number of anilines is 1. The normalized spacial score (nSPS) is 13.8. The van der Waals surface area contributed by atoms with Crippen LogP contribution >= 0.6 is 0 Å². The zero-order valence-electron chi connectivity index (χ0n) is 16.4. The molecule has 1 aromatic heterocycles. The molecule has 1 atom stereocenters. The number of nitrogens with zero attached hydrogens (tertiary/aromatic N) is 3. The molecule has 1 aliphatic rings. The van der Waals surface area contributed by atoms with Gasteiger partial charge in [-0.1, -0.05) is 13.5 Å². The molecule has 0 radical (unpaired) electrons. The molecule has 0 saturated heterocycles. The fourth-order valence-electron chi connectivity index (χ4n) is 3.52. The largest absolute Gasteiger partial charge is 0.436 e. The Morgan fingerprint density at radius 3 is 2.45 bits per heavy atom. The summed E-state index contributed by atoms with van der Waals surface area (Å²) in [6.07, 6.45) is 3.15. The van der Waals surface area contributed by atoms with Crippen LogP contribution in [-0.2, 0) is 0 Å². The van der Waals surface area contributed by atoms with Crippen LogP contribution in [0.15, 0.2) is 60.2 Å². The number of hydrogen-bond donors (Lipinski definition) is 0. The molecule has 0 aliphatic carbocycles. The van der Waals surface area contributed by atoms with Crippen LogP contribution in [0.1, 0.15) is 30.5 Å². The number of aromatic nitrogens is 1. The Morgan fingerprint density at radius 1 is 1.03 bits per heavy atom. The Balaban J connectivity index is 1.73. The van der Waals surface area contributed by atoms with Gasteiger partial charge < -0.3 is 9.64 Å². The molecule has 4 rings (SSSR count). The smallest absolute Gasteiger partial charge is 0.255 e. The zero-order valence-corrected chi connectivity index (χ0v) is 16.4. The highest BCUT2D eigenvalue weighted by Crippen LogP contribution is 2.40. The number of halogens is 4. The van der Waals surface area contributed by atoms with Crippen molar-refractivity contribution in [3.05, 3.63) is 89.6 Å². The Morgan fingerprint density at radius 2 is 1.77 bits per heavy atom. The van der Waals surface area contributed by atoms with Gasteiger partial charge in [0.15, 0.2) is 5.82 Å². The predicted molar refractivity (Wildman–Crippen MR) is 110 cm³/mol. The Bertz CT molecular complexity index is 1170. The van der Waals surface area contributed by atoms with Crippen molar-refractivity contribution in [2.75, 3.05) is 4.90 Å². The van der Waals surface area contributed by atoms with Crippen LogP contribution in [0.2, 0.25) is 0 Å². The summed E-state index contributed by atoms with van der Waals surface area (Å²) in [4.78, 5) is 9.68. The molecule has 2 heterocycles. The van der Waals surface area contributed by atoms with E-state index in [1.165, 1.54) is 24.7 Å². The van der Waals surface area contributed by atoms with Gasteiger partial charge in [0, 0.05) is 29.5 Å². The molecule has 31 heavy (non-hydrogen) atoms. The first-order valence-corrected chi connectivity index (χ1v) is 9.47. The van der Waals surface area contributed by atoms with Crippen molar-refractivity contribution in [3.8, 4) is 11.6 Å². The SMILES string of the molecule is C=C1N=CN(C(CC)c2c(F)cc(F)cc2F)c2ccc(Oc3ncccc3F)cc21. The summed E-state index contributed by atoms with van der Waals surface area (Å²) in [6.45, 7) is 5.65. The molecule has 0 fully saturated rings. The molecular weight excluding hydrogens is 410 g/mol. The third kappa shape index (κ3) is 3.88. The lowest BCUT2D eigenvalue weighted by molar-refractivity contribution is 0.422. The molecule has 0 bridgehead atoms. The van der Waals surface area contributed by atoms with Crippen molar-refractivity contribution in [1.29, 1.82) is 0 Å². The van der Waals surface area contributed by atoms with E-state index in [-0.39, 0.29) is 11.4 Å². The molecule has 2 aromatic carbocycles. The number of ether oxygens (including phenoxy) is 1. The van der Waals surface area contributed by atoms with Crippen molar-refractivity contribution in [3.63, 3.8) is 0 Å². The van der Waals surface area contributed by atoms with Crippen molar-refractivity contribution in [2.24, 2.45) is 4.99 Å². The highest BCUT2D eigenvalue weighted by molar-refractivity contribution is 5.95. The van der Waals surface area contributed by atoms with E-state index in [4.69, 9.17) is 4.74 Å². The van der Waals surface area contributed by atoms with Crippen LogP contribution < -0.4 is 9.64 Å². The monoisotopic (exact) mass is 427 g/mol. The fourth-order valence-corrected chi connectivity index (χ4v) is 3.52. The maximum absolute atomic E-state index is 14.5. The summed E-state index contributed by atoms with van der Waals surface area (Å²) < 4.78 is 61.7. The molecule has 1 unspecified atom stereocenters. The van der Waals surface area contributed by atoms with Crippen molar-refractivity contribution < 1.29 is 22.3 Å². The van der Waals surface area contributed by atoms with E-state index in [9.17, 15) is 17.6 Å². The van der Waals surface area contributed by atoms with E-state index in [2.05, 4.69) is 16.6 Å². The van der Waals surface area contributed by atoms with E-state index in [1.807, 2.05) is 0 Å². The van der Waals surface area contributed by atoms with Crippen molar-refractivity contribution in [1.82, 2.24) is 4.98 Å². The third-order valence-corrected chi connectivity index (χ3v) is 4.93. The molecule has 0 saturated carbocycles. The molecular formula is C23H17F4N3O. The first kappa shape index (κ1) is 20.6. The van der Waals surface area contributed by atoms with Gasteiger partial charge in [-0.25, -0.2) is 27.5 Å². The lowest BCUT2D eigenvalue weighted by atomic mass is 9.98. The van der Waals surface area contributed by atoms with Gasteiger partial charge >= 0.3 is 0 Å². The molecule has 0 N–H and O–H groups in total. The van der Waals surface area contributed by atoms with Gasteiger partial charge in [0.25, 0.3) is 5.88 Å². The van der Waals surface area contributed by atoms with E-state index in [0.717, 1.165) is 0 Å². The van der Waals surface area contributed by atoms with Crippen LogP contribution in [0.4, 0.5) is 23.2 Å². The Kier molecular flexibility index (Phi) is 5.46. The molecule has 3 aromatic rings. The van der Waals surface area contributed by atoms with Gasteiger partial charge in [0.1, 0.15) is 23.2 Å². The Labute approximate surface area is 176 Å². The average molecular weight is 427 g/mol. The lowest BCUT2D eigenvalue weighted by Gasteiger charge is -2.34. The van der Waals surface area contributed by atoms with Crippen LogP contribution in [0.25, 0.3) is 5.70 Å². The first-order valence-electron chi connectivity index (χ1n) is 9.47. The molecule has 0 amide bonds. The average Bonchev–Trinajstić information content (AvgIpc) is 2.73. The minimum absolute atomic E-state index is 0.189. The van der Waals surface area contributed by atoms with Gasteiger partial charge in [-0.15, -0.1) is 0 Å². The maximum atomic E-state index is 14.5. The fraction of sp³-hybridized carbons (Fsp3) is 0.130. The van der Waals surface area contributed by atoms with Crippen LogP contribution in [-0.4, -0.2) is 11.3 Å². The summed E-state index contributed by atoms with van der Waals surface area (Å²) in [5.41, 5.74) is 1.25. The molecule has 158 valence electrons. The standard InChI is InChI=1S/C23H17F4N3O/c1-3-20(22-18(26)9-14(24)10-19(22)27)30-12-29-13(2)16-11-15(6-7-21(16)30)31-23-17(25)5-4-8-28-23/h4-12,20H,2-3H2,1H3. The van der Waals surface area contributed by atoms with Crippen LogP contribution in [0.5, 0.6) is 11.6 Å². The molecule has 4 nitrogen and oxygen atoms in total. The molecule has 1 aliphatic heterocycles. The van der Waals surface area contributed by atoms with Crippen LogP contribution in [0, 0.1) is 23.3 Å². The number of hydrogen-bond acceptors (Lipinski definition) is 4. The minimum Gasteiger partial charge on any atom is -0.436 e. The van der Waals surface area contributed by atoms with Gasteiger partial charge in [0.05, 0.1) is 23.8 Å². The molecule has 8 heteroatoms. The van der Waals surface area contributed by atoms with E-state index < -0.39 is 29.3 Å². The van der Waals surface area contributed by atoms with Crippen LogP contribution in [0.3, 0.4) is 0 Å². The minimum atomic E-state index is -0.988. The van der Waals surface area contributed by atoms with Crippen molar-refractivity contribution >= 4 is 17.7 Å². The number of benzene rings is 2. The number of rotatable bonds is 5. The summed E-state index contributed by atoms with van der Waals surface area (Å²) in [7, 11) is 0. The second kappa shape index (κ2) is 8.22. The van der Waals surface area contributed by atoms with Gasteiger partial charge in [-0.3, -0.25) is 0 Å². The number of aliphatic imine (C=N–C) groups is 1. The van der Waals surface area contributed by atoms with Gasteiger partial charge in [-0.05, 0) is 36.8 Å². The van der Waals surface area contributed by atoms with E-state index >= 15 is 0 Å². The quantitative estimate of drug-likeness (QED) is 0.442. The first-order chi connectivity index (χ1) is 14.9. The molecule has 0 spiro atoms. The van der Waals surface area contributed by atoms with Gasteiger partial charge in [0.2, 0.25) is 0 Å². The number of pyridine rings is 1. The number of fused-ring (bicyclic) bond motifs is 1. The predicted octanol–water partition coefficient (Wildman–Crippen LogP) is 6.40. The lowest BCUT2D eigenvalue weighted by Crippen LogP contribution is -2.31. The zero-order chi connectivity index (χ0) is 22.1. The summed E-state index contributed by atoms with van der Waals surface area (Å²) in [5, 5.41) is 0. The summed E-state index contributed by atoms with van der Waals surface area (Å²) >= 11 is 0. The van der Waals surface area contributed by atoms with E-state index in [1.54, 1.807) is 30.0 Å². The third-order valence-electron chi connectivity index (χ3n) is 4.93. The highest BCUT2D eigenvalue weighted by atomic mass is 19.1. The van der Waals surface area contributed by atoms with E-state index in [0.29, 0.717) is 41.3 Å². The van der Waals surface area contributed by atoms with Crippen molar-refractivity contribution in [2.45, 2.75) is 19.4 Å². The van der Waals surface area contributed by atoms with Gasteiger partial charge in [-0.2, -0.15) is 0 Å². The second-order valence-electron chi connectivity index (χ2n) is 6.88. The Hall–Kier alpha value is -3.68. The topological polar surface area (TPSA) is 37.7 Å². The maximum Gasteiger partial charge on any atom is 0.255 e. The highest BCUT2D eigenvalue weighted by Gasteiger charge is 2.29.